The van der Waals surface area contributed by atoms with E-state index in [1.165, 1.54) is 7.05 Å². The summed E-state index contributed by atoms with van der Waals surface area (Å²) >= 11 is 5.88. The normalized spacial score (nSPS) is 14.2. The van der Waals surface area contributed by atoms with Crippen LogP contribution in [-0.2, 0) is 33.4 Å². The molecule has 0 atom stereocenters. The van der Waals surface area contributed by atoms with Gasteiger partial charge >= 0.3 is 0 Å². The molecule has 1 aliphatic rings. The number of ether oxygens (including phenoxy) is 2. The zero-order valence-electron chi connectivity index (χ0n) is 18.8. The topological polar surface area (TPSA) is 107 Å². The molecule has 0 saturated carbocycles. The Morgan fingerprint density at radius 2 is 1.76 bits per heavy atom. The molecule has 1 aliphatic heterocycles. The molecular formula is C23H26ClN5O4S. The van der Waals surface area contributed by atoms with Crippen LogP contribution in [0.25, 0.3) is 0 Å². The van der Waals surface area contributed by atoms with Gasteiger partial charge in [-0.3, -0.25) is 0 Å². The minimum Gasteiger partial charge on any atom is -0.439 e. The molecule has 3 aromatic rings. The standard InChI is InChI=1S/C23H26ClN5O4S/c1-25-34(30,31)16-17-2-5-20(6-3-17)33-23-13-18(4-7-21-26-14-19(24)15-27-21)12-22(28-23)29-8-10-32-11-9-29/h2-3,5-6,12-15,25H,4,7-11,16H2,1H3. The van der Waals surface area contributed by atoms with Crippen LogP contribution in [0, 0.1) is 0 Å². The maximum Gasteiger partial charge on any atom is 0.221 e. The molecular weight excluding hydrogens is 478 g/mol. The van der Waals surface area contributed by atoms with Crippen molar-refractivity contribution in [3.63, 3.8) is 0 Å². The Kier molecular flexibility index (Phi) is 7.94. The van der Waals surface area contributed by atoms with Crippen LogP contribution >= 0.6 is 11.6 Å². The second kappa shape index (κ2) is 11.1. The van der Waals surface area contributed by atoms with E-state index >= 15 is 0 Å². The van der Waals surface area contributed by atoms with E-state index in [4.69, 9.17) is 26.1 Å². The number of rotatable bonds is 9. The van der Waals surface area contributed by atoms with Gasteiger partial charge < -0.3 is 14.4 Å². The van der Waals surface area contributed by atoms with Crippen LogP contribution in [0.15, 0.2) is 48.8 Å². The van der Waals surface area contributed by atoms with Crippen LogP contribution in [0.2, 0.25) is 5.02 Å². The van der Waals surface area contributed by atoms with Crippen LogP contribution < -0.4 is 14.4 Å². The summed E-state index contributed by atoms with van der Waals surface area (Å²) < 4.78 is 37.4. The molecule has 0 unspecified atom stereocenters. The van der Waals surface area contributed by atoms with E-state index in [1.54, 1.807) is 36.7 Å². The monoisotopic (exact) mass is 503 g/mol. The van der Waals surface area contributed by atoms with Gasteiger partial charge in [-0.1, -0.05) is 23.7 Å². The number of sulfonamides is 1. The highest BCUT2D eigenvalue weighted by molar-refractivity contribution is 7.88. The van der Waals surface area contributed by atoms with Gasteiger partial charge in [-0.05, 0) is 42.8 Å². The van der Waals surface area contributed by atoms with E-state index < -0.39 is 10.0 Å². The summed E-state index contributed by atoms with van der Waals surface area (Å²) in [7, 11) is -1.94. The third-order valence-electron chi connectivity index (χ3n) is 5.31. The third kappa shape index (κ3) is 6.86. The number of pyridine rings is 1. The van der Waals surface area contributed by atoms with Crippen molar-refractivity contribution in [1.29, 1.82) is 0 Å². The van der Waals surface area contributed by atoms with Crippen molar-refractivity contribution in [3.8, 4) is 11.6 Å². The molecule has 34 heavy (non-hydrogen) atoms. The zero-order chi connectivity index (χ0) is 24.0. The molecule has 180 valence electrons. The van der Waals surface area contributed by atoms with Crippen LogP contribution in [0.5, 0.6) is 11.6 Å². The smallest absolute Gasteiger partial charge is 0.221 e. The Morgan fingerprint density at radius 1 is 1.06 bits per heavy atom. The van der Waals surface area contributed by atoms with E-state index in [0.29, 0.717) is 54.1 Å². The molecule has 11 heteroatoms. The minimum atomic E-state index is -3.34. The lowest BCUT2D eigenvalue weighted by atomic mass is 10.1. The molecule has 2 aromatic heterocycles. The highest BCUT2D eigenvalue weighted by Gasteiger charge is 2.16. The van der Waals surface area contributed by atoms with Crippen molar-refractivity contribution >= 4 is 27.4 Å². The van der Waals surface area contributed by atoms with Crippen molar-refractivity contribution in [1.82, 2.24) is 19.7 Å². The number of benzene rings is 1. The fraction of sp³-hybridized carbons (Fsp3) is 0.348. The predicted molar refractivity (Wildman–Crippen MR) is 130 cm³/mol. The molecule has 0 amide bonds. The van der Waals surface area contributed by atoms with Crippen LogP contribution in [-0.4, -0.2) is 56.7 Å². The molecule has 0 spiro atoms. The maximum absolute atomic E-state index is 11.8. The average Bonchev–Trinajstić information content (AvgIpc) is 2.85. The van der Waals surface area contributed by atoms with E-state index in [-0.39, 0.29) is 5.75 Å². The van der Waals surface area contributed by atoms with Gasteiger partial charge in [0, 0.05) is 38.0 Å². The van der Waals surface area contributed by atoms with Gasteiger partial charge in [0.25, 0.3) is 0 Å². The van der Waals surface area contributed by atoms with Crippen molar-refractivity contribution in [2.75, 3.05) is 38.3 Å². The fourth-order valence-electron chi connectivity index (χ4n) is 3.48. The van der Waals surface area contributed by atoms with Crippen molar-refractivity contribution in [2.24, 2.45) is 0 Å². The molecule has 1 N–H and O–H groups in total. The molecule has 9 nitrogen and oxygen atoms in total. The molecule has 0 radical (unpaired) electrons. The summed E-state index contributed by atoms with van der Waals surface area (Å²) in [5.74, 6) is 2.48. The summed E-state index contributed by atoms with van der Waals surface area (Å²) in [5.41, 5.74) is 1.71. The van der Waals surface area contributed by atoms with Gasteiger partial charge in [-0.2, -0.15) is 4.98 Å². The summed E-state index contributed by atoms with van der Waals surface area (Å²) in [4.78, 5) is 15.4. The predicted octanol–water partition coefficient (Wildman–Crippen LogP) is 2.99. The first-order chi connectivity index (χ1) is 16.4. The Labute approximate surface area is 204 Å². The van der Waals surface area contributed by atoms with Gasteiger partial charge in [0.2, 0.25) is 15.9 Å². The Hall–Kier alpha value is -2.79. The van der Waals surface area contributed by atoms with Crippen LogP contribution in [0.4, 0.5) is 5.82 Å². The van der Waals surface area contributed by atoms with E-state index in [2.05, 4.69) is 25.7 Å². The summed E-state index contributed by atoms with van der Waals surface area (Å²) in [6, 6.07) is 10.9. The number of morpholine rings is 1. The number of anilines is 1. The van der Waals surface area contributed by atoms with Crippen molar-refractivity contribution < 1.29 is 17.9 Å². The highest BCUT2D eigenvalue weighted by Crippen LogP contribution is 2.26. The highest BCUT2D eigenvalue weighted by atomic mass is 35.5. The van der Waals surface area contributed by atoms with Crippen LogP contribution in [0.3, 0.4) is 0 Å². The second-order valence-electron chi connectivity index (χ2n) is 7.80. The Balaban J connectivity index is 1.52. The van der Waals surface area contributed by atoms with Gasteiger partial charge in [0.1, 0.15) is 17.4 Å². The van der Waals surface area contributed by atoms with E-state index in [0.717, 1.165) is 24.5 Å². The first-order valence-electron chi connectivity index (χ1n) is 10.9. The number of hydrogen-bond acceptors (Lipinski definition) is 8. The number of nitrogens with zero attached hydrogens (tertiary/aromatic N) is 4. The maximum atomic E-state index is 11.8. The number of aromatic nitrogens is 3. The lowest BCUT2D eigenvalue weighted by Crippen LogP contribution is -2.36. The Morgan fingerprint density at radius 3 is 2.44 bits per heavy atom. The summed E-state index contributed by atoms with van der Waals surface area (Å²) in [5, 5.41) is 0.507. The average molecular weight is 504 g/mol. The van der Waals surface area contributed by atoms with Crippen molar-refractivity contribution in [3.05, 3.63) is 70.8 Å². The molecule has 0 bridgehead atoms. The first-order valence-corrected chi connectivity index (χ1v) is 12.9. The second-order valence-corrected chi connectivity index (χ2v) is 10.2. The number of nitrogens with one attached hydrogen (secondary N) is 1. The van der Waals surface area contributed by atoms with Gasteiger partial charge in [0.05, 0.1) is 24.0 Å². The van der Waals surface area contributed by atoms with Crippen LogP contribution in [0.1, 0.15) is 17.0 Å². The largest absolute Gasteiger partial charge is 0.439 e. The van der Waals surface area contributed by atoms with E-state index in [9.17, 15) is 8.42 Å². The van der Waals surface area contributed by atoms with E-state index in [1.807, 2.05) is 6.07 Å². The summed E-state index contributed by atoms with van der Waals surface area (Å²) in [6.45, 7) is 2.81. The first kappa shape index (κ1) is 24.3. The fourth-order valence-corrected chi connectivity index (χ4v) is 4.36. The minimum absolute atomic E-state index is 0.0918. The lowest BCUT2D eigenvalue weighted by molar-refractivity contribution is 0.122. The number of aryl methyl sites for hydroxylation is 2. The zero-order valence-corrected chi connectivity index (χ0v) is 20.3. The van der Waals surface area contributed by atoms with Crippen molar-refractivity contribution in [2.45, 2.75) is 18.6 Å². The molecule has 1 saturated heterocycles. The summed E-state index contributed by atoms with van der Waals surface area (Å²) in [6.07, 6.45) is 4.54. The number of hydrogen-bond donors (Lipinski definition) is 1. The van der Waals surface area contributed by atoms with Gasteiger partial charge in [0.15, 0.2) is 0 Å². The van der Waals surface area contributed by atoms with Gasteiger partial charge in [-0.25, -0.2) is 23.1 Å². The quantitative estimate of drug-likeness (QED) is 0.475. The van der Waals surface area contributed by atoms with Gasteiger partial charge in [-0.15, -0.1) is 0 Å². The molecule has 4 rings (SSSR count). The SMILES string of the molecule is CNS(=O)(=O)Cc1ccc(Oc2cc(CCc3ncc(Cl)cn3)cc(N3CCOCC3)n2)cc1. The lowest BCUT2D eigenvalue weighted by Gasteiger charge is -2.28. The number of halogens is 1. The molecule has 1 fully saturated rings. The Bertz CT molecular complexity index is 1200. The molecule has 3 heterocycles. The molecule has 1 aromatic carbocycles. The third-order valence-corrected chi connectivity index (χ3v) is 6.84. The molecule has 0 aliphatic carbocycles.